The van der Waals surface area contributed by atoms with E-state index in [1.165, 1.54) is 6.20 Å². The molecule has 4 aromatic rings. The Kier molecular flexibility index (Phi) is 3.05. The van der Waals surface area contributed by atoms with Gasteiger partial charge in [0.1, 0.15) is 4.60 Å². The van der Waals surface area contributed by atoms with Gasteiger partial charge in [-0.2, -0.15) is 13.9 Å². The second-order valence-corrected chi connectivity index (χ2v) is 5.71. The van der Waals surface area contributed by atoms with Gasteiger partial charge in [-0.25, -0.2) is 14.5 Å². The first-order valence-corrected chi connectivity index (χ1v) is 7.36. The molecule has 1 aromatic carbocycles. The lowest BCUT2D eigenvalue weighted by atomic mass is 10.1. The number of hydrogen-bond acceptors (Lipinski definition) is 3. The first-order valence-electron chi connectivity index (χ1n) is 6.57. The van der Waals surface area contributed by atoms with Gasteiger partial charge in [-0.3, -0.25) is 4.98 Å². The number of rotatable bonds is 2. The molecule has 0 saturated heterocycles. The van der Waals surface area contributed by atoms with Gasteiger partial charge in [0.05, 0.1) is 11.0 Å². The number of halogens is 3. The normalized spacial score (nSPS) is 11.8. The number of nitrogens with one attached hydrogen (secondary N) is 2. The summed E-state index contributed by atoms with van der Waals surface area (Å²) < 4.78 is 26.4. The van der Waals surface area contributed by atoms with Gasteiger partial charge < -0.3 is 4.98 Å². The van der Waals surface area contributed by atoms with Crippen LogP contribution in [0.5, 0.6) is 0 Å². The molecule has 0 atom stereocenters. The fraction of sp³-hybridized carbons (Fsp3) is 0.0714. The van der Waals surface area contributed by atoms with Gasteiger partial charge in [0.2, 0.25) is 0 Å². The van der Waals surface area contributed by atoms with Crippen molar-refractivity contribution in [2.24, 2.45) is 0 Å². The maximum Gasteiger partial charge on any atom is 0.333 e. The second-order valence-electron chi connectivity index (χ2n) is 4.96. The van der Waals surface area contributed by atoms with Crippen molar-refractivity contribution in [3.63, 3.8) is 0 Å². The summed E-state index contributed by atoms with van der Waals surface area (Å²) in [7, 11) is 0. The van der Waals surface area contributed by atoms with Crippen LogP contribution in [0.25, 0.3) is 33.2 Å². The van der Waals surface area contributed by atoms with Gasteiger partial charge in [0.15, 0.2) is 5.65 Å². The van der Waals surface area contributed by atoms with Gasteiger partial charge in [0, 0.05) is 17.1 Å². The molecule has 0 aliphatic carbocycles. The van der Waals surface area contributed by atoms with Crippen molar-refractivity contribution in [3.05, 3.63) is 45.5 Å². The van der Waals surface area contributed by atoms with Crippen LogP contribution in [0.3, 0.4) is 0 Å². The fourth-order valence-electron chi connectivity index (χ4n) is 2.46. The lowest BCUT2D eigenvalue weighted by Gasteiger charge is -2.02. The summed E-state index contributed by atoms with van der Waals surface area (Å²) in [5.74, 6) is 0. The van der Waals surface area contributed by atoms with Crippen molar-refractivity contribution in [2.45, 2.75) is 6.55 Å². The summed E-state index contributed by atoms with van der Waals surface area (Å²) in [5, 5.41) is 4.51. The summed E-state index contributed by atoms with van der Waals surface area (Å²) in [5.41, 5.74) is 2.69. The molecule has 0 fully saturated rings. The van der Waals surface area contributed by atoms with Crippen LogP contribution in [0.2, 0.25) is 0 Å². The number of alkyl halides is 2. The smallest absolute Gasteiger partial charge is 0.304 e. The van der Waals surface area contributed by atoms with Gasteiger partial charge in [-0.15, -0.1) is 0 Å². The largest absolute Gasteiger partial charge is 0.333 e. The van der Waals surface area contributed by atoms with Crippen molar-refractivity contribution in [3.8, 4) is 11.1 Å². The van der Waals surface area contributed by atoms with Crippen LogP contribution in [0.4, 0.5) is 8.78 Å². The van der Waals surface area contributed by atoms with E-state index in [2.05, 4.69) is 36.0 Å². The monoisotopic (exact) mass is 379 g/mol. The fourth-order valence-corrected chi connectivity index (χ4v) is 2.97. The van der Waals surface area contributed by atoms with E-state index in [0.717, 1.165) is 10.9 Å². The Labute approximate surface area is 135 Å². The lowest BCUT2D eigenvalue weighted by molar-refractivity contribution is 0.0563. The molecular weight excluding hydrogens is 372 g/mol. The predicted molar refractivity (Wildman–Crippen MR) is 84.4 cm³/mol. The molecule has 0 aliphatic rings. The molecule has 0 bridgehead atoms. The third-order valence-corrected chi connectivity index (χ3v) is 4.08. The number of aromatic nitrogens is 5. The van der Waals surface area contributed by atoms with Crippen molar-refractivity contribution in [1.29, 1.82) is 0 Å². The molecule has 4 rings (SSSR count). The molecule has 23 heavy (non-hydrogen) atoms. The van der Waals surface area contributed by atoms with Crippen LogP contribution < -0.4 is 5.69 Å². The Balaban J connectivity index is 1.91. The Hall–Kier alpha value is -2.55. The summed E-state index contributed by atoms with van der Waals surface area (Å²) in [6.45, 7) is -2.70. The molecule has 3 aromatic heterocycles. The summed E-state index contributed by atoms with van der Waals surface area (Å²) in [6, 6.07) is 7.13. The van der Waals surface area contributed by atoms with Crippen LogP contribution in [-0.2, 0) is 0 Å². The molecule has 0 spiro atoms. The molecule has 3 heterocycles. The number of nitrogens with zero attached hydrogens (tertiary/aromatic N) is 3. The minimum absolute atomic E-state index is 0.330. The first kappa shape index (κ1) is 14.1. The molecule has 0 unspecified atom stereocenters. The number of benzene rings is 1. The van der Waals surface area contributed by atoms with E-state index < -0.39 is 6.55 Å². The quantitative estimate of drug-likeness (QED) is 0.559. The minimum atomic E-state index is -2.70. The SMILES string of the molecule is O=c1[nH]c2cc3cc(-c4cn(C(F)F)nc4Br)ccc3nc2[nH]1. The Morgan fingerprint density at radius 1 is 1.22 bits per heavy atom. The van der Waals surface area contributed by atoms with Crippen LogP contribution in [-0.4, -0.2) is 24.7 Å². The molecule has 0 amide bonds. The van der Waals surface area contributed by atoms with Crippen molar-refractivity contribution in [2.75, 3.05) is 0 Å². The lowest BCUT2D eigenvalue weighted by Crippen LogP contribution is -1.99. The molecule has 0 aliphatic heterocycles. The third-order valence-electron chi connectivity index (χ3n) is 3.49. The molecular formula is C14H8BrF2N5O. The topological polar surface area (TPSA) is 79.4 Å². The van der Waals surface area contributed by atoms with Crippen LogP contribution >= 0.6 is 15.9 Å². The van der Waals surface area contributed by atoms with E-state index in [9.17, 15) is 13.6 Å². The predicted octanol–water partition coefficient (Wildman–Crippen LogP) is 3.43. The number of fused-ring (bicyclic) bond motifs is 2. The highest BCUT2D eigenvalue weighted by atomic mass is 79.9. The zero-order valence-electron chi connectivity index (χ0n) is 11.3. The highest BCUT2D eigenvalue weighted by Crippen LogP contribution is 2.31. The van der Waals surface area contributed by atoms with Crippen molar-refractivity contribution < 1.29 is 8.78 Å². The van der Waals surface area contributed by atoms with Gasteiger partial charge in [0.25, 0.3) is 0 Å². The number of aromatic amines is 2. The number of imidazole rings is 1. The van der Waals surface area contributed by atoms with E-state index in [1.807, 2.05) is 6.07 Å². The van der Waals surface area contributed by atoms with Crippen molar-refractivity contribution >= 4 is 38.0 Å². The van der Waals surface area contributed by atoms with Gasteiger partial charge in [-0.05, 0) is 39.7 Å². The van der Waals surface area contributed by atoms with Gasteiger partial charge >= 0.3 is 12.2 Å². The average Bonchev–Trinajstić information content (AvgIpc) is 3.05. The zero-order valence-corrected chi connectivity index (χ0v) is 12.9. The van der Waals surface area contributed by atoms with E-state index >= 15 is 0 Å². The zero-order chi connectivity index (χ0) is 16.1. The molecule has 0 saturated carbocycles. The molecule has 6 nitrogen and oxygen atoms in total. The maximum absolute atomic E-state index is 12.7. The van der Waals surface area contributed by atoms with Crippen LogP contribution in [0.1, 0.15) is 6.55 Å². The minimum Gasteiger partial charge on any atom is -0.304 e. The van der Waals surface area contributed by atoms with Crippen molar-refractivity contribution in [1.82, 2.24) is 24.7 Å². The molecule has 0 radical (unpaired) electrons. The average molecular weight is 380 g/mol. The number of pyridine rings is 1. The number of H-pyrrole nitrogens is 2. The van der Waals surface area contributed by atoms with E-state index in [0.29, 0.717) is 31.5 Å². The Bertz CT molecular complexity index is 1100. The highest BCUT2D eigenvalue weighted by molar-refractivity contribution is 9.10. The Morgan fingerprint density at radius 2 is 2.04 bits per heavy atom. The Morgan fingerprint density at radius 3 is 2.78 bits per heavy atom. The number of hydrogen-bond donors (Lipinski definition) is 2. The van der Waals surface area contributed by atoms with E-state index in [4.69, 9.17) is 0 Å². The second kappa shape index (κ2) is 4.98. The standard InChI is InChI=1S/C14H8BrF2N5O/c15-11-8(5-22(21-11)13(16)17)6-1-2-9-7(3-6)4-10-12(18-9)20-14(23)19-10/h1-5,13H,(H2,18,19,20,23). The van der Waals surface area contributed by atoms with Crippen LogP contribution in [0, 0.1) is 0 Å². The van der Waals surface area contributed by atoms with Crippen LogP contribution in [0.15, 0.2) is 39.9 Å². The molecule has 116 valence electrons. The summed E-state index contributed by atoms with van der Waals surface area (Å²) in [4.78, 5) is 20.9. The first-order chi connectivity index (χ1) is 11.0. The molecule has 2 N–H and O–H groups in total. The van der Waals surface area contributed by atoms with Gasteiger partial charge in [-0.1, -0.05) is 6.07 Å². The summed E-state index contributed by atoms with van der Waals surface area (Å²) >= 11 is 3.20. The van der Waals surface area contributed by atoms with E-state index in [1.54, 1.807) is 18.2 Å². The molecule has 9 heteroatoms. The summed E-state index contributed by atoms with van der Waals surface area (Å²) in [6.07, 6.45) is 1.28. The van der Waals surface area contributed by atoms with E-state index in [-0.39, 0.29) is 5.69 Å². The third kappa shape index (κ3) is 2.33. The maximum atomic E-state index is 12.7. The highest BCUT2D eigenvalue weighted by Gasteiger charge is 2.14.